The lowest BCUT2D eigenvalue weighted by Crippen LogP contribution is -2.31. The van der Waals surface area contributed by atoms with Crippen molar-refractivity contribution in [2.45, 2.75) is 32.4 Å². The maximum absolute atomic E-state index is 13.1. The van der Waals surface area contributed by atoms with E-state index in [1.54, 1.807) is 6.07 Å². The molecule has 0 aliphatic rings. The molecule has 0 aliphatic carbocycles. The van der Waals surface area contributed by atoms with E-state index in [-0.39, 0.29) is 6.04 Å². The zero-order valence-electron chi connectivity index (χ0n) is 10.5. The molecule has 0 saturated carbocycles. The van der Waals surface area contributed by atoms with Crippen molar-refractivity contribution in [3.8, 4) is 0 Å². The van der Waals surface area contributed by atoms with E-state index in [1.807, 2.05) is 25.8 Å². The van der Waals surface area contributed by atoms with Gasteiger partial charge >= 0.3 is 0 Å². The molecule has 1 rings (SSSR count). The average Bonchev–Trinajstić information content (AvgIpc) is 2.31. The van der Waals surface area contributed by atoms with E-state index in [4.69, 9.17) is 0 Å². The van der Waals surface area contributed by atoms with Crippen molar-refractivity contribution in [2.75, 3.05) is 13.6 Å². The molecule has 2 nitrogen and oxygen atoms in total. The van der Waals surface area contributed by atoms with Crippen LogP contribution >= 0.6 is 0 Å². The van der Waals surface area contributed by atoms with Gasteiger partial charge in [-0.25, -0.2) is 8.78 Å². The van der Waals surface area contributed by atoms with E-state index >= 15 is 0 Å². The van der Waals surface area contributed by atoms with E-state index in [0.717, 1.165) is 6.07 Å². The van der Waals surface area contributed by atoms with E-state index in [9.17, 15) is 13.9 Å². The Labute approximate surface area is 101 Å². The first kappa shape index (κ1) is 14.1. The van der Waals surface area contributed by atoms with Crippen LogP contribution in [0.1, 0.15) is 31.9 Å². The summed E-state index contributed by atoms with van der Waals surface area (Å²) in [4.78, 5) is 1.92. The number of likely N-dealkylation sites (N-methyl/N-ethyl adjacent to an activating group) is 1. The van der Waals surface area contributed by atoms with Crippen molar-refractivity contribution < 1.29 is 13.9 Å². The summed E-state index contributed by atoms with van der Waals surface area (Å²) in [7, 11) is 1.85. The third-order valence-electron chi connectivity index (χ3n) is 3.06. The lowest BCUT2D eigenvalue weighted by molar-refractivity contribution is 0.105. The van der Waals surface area contributed by atoms with Crippen molar-refractivity contribution in [3.63, 3.8) is 0 Å². The Bertz CT molecular complexity index is 370. The van der Waals surface area contributed by atoms with Crippen LogP contribution < -0.4 is 0 Å². The minimum atomic E-state index is -0.836. The van der Waals surface area contributed by atoms with Gasteiger partial charge in [0, 0.05) is 12.6 Å². The number of hydrogen-bond donors (Lipinski definition) is 1. The summed E-state index contributed by atoms with van der Waals surface area (Å²) < 4.78 is 25.9. The van der Waals surface area contributed by atoms with E-state index in [2.05, 4.69) is 0 Å². The molecule has 0 bridgehead atoms. The van der Waals surface area contributed by atoms with Gasteiger partial charge in [0.2, 0.25) is 0 Å². The molecule has 17 heavy (non-hydrogen) atoms. The van der Waals surface area contributed by atoms with Crippen molar-refractivity contribution in [3.05, 3.63) is 35.4 Å². The molecule has 2 atom stereocenters. The highest BCUT2D eigenvalue weighted by Crippen LogP contribution is 2.21. The molecule has 2 unspecified atom stereocenters. The molecular weight excluding hydrogens is 224 g/mol. The topological polar surface area (TPSA) is 23.5 Å². The molecule has 0 saturated heterocycles. The van der Waals surface area contributed by atoms with Crippen LogP contribution in [-0.4, -0.2) is 29.7 Å². The Kier molecular flexibility index (Phi) is 5.02. The number of aliphatic hydroxyl groups is 1. The van der Waals surface area contributed by atoms with Gasteiger partial charge in [0.1, 0.15) is 0 Å². The van der Waals surface area contributed by atoms with Gasteiger partial charge in [-0.2, -0.15) is 0 Å². The van der Waals surface area contributed by atoms with Crippen LogP contribution in [0.25, 0.3) is 0 Å². The van der Waals surface area contributed by atoms with Gasteiger partial charge in [-0.05, 0) is 38.1 Å². The van der Waals surface area contributed by atoms with Crippen LogP contribution in [0.15, 0.2) is 18.2 Å². The Hall–Kier alpha value is -1.00. The fourth-order valence-electron chi connectivity index (χ4n) is 1.65. The number of aliphatic hydroxyl groups excluding tert-OH is 1. The second-order valence-corrected chi connectivity index (χ2v) is 4.35. The lowest BCUT2D eigenvalue weighted by Gasteiger charge is -2.27. The fraction of sp³-hybridized carbons (Fsp3) is 0.538. The highest BCUT2D eigenvalue weighted by atomic mass is 19.2. The van der Waals surface area contributed by atoms with Gasteiger partial charge in [0.05, 0.1) is 6.10 Å². The van der Waals surface area contributed by atoms with Crippen LogP contribution in [0.4, 0.5) is 8.78 Å². The monoisotopic (exact) mass is 243 g/mol. The van der Waals surface area contributed by atoms with E-state index in [1.165, 1.54) is 6.07 Å². The van der Waals surface area contributed by atoms with Crippen LogP contribution in [0.2, 0.25) is 0 Å². The molecule has 0 aromatic heterocycles. The van der Waals surface area contributed by atoms with Crippen LogP contribution in [0.5, 0.6) is 0 Å². The molecule has 96 valence electrons. The second kappa shape index (κ2) is 6.07. The van der Waals surface area contributed by atoms with Crippen LogP contribution in [0, 0.1) is 11.6 Å². The molecule has 0 radical (unpaired) electrons. The number of halogens is 2. The van der Waals surface area contributed by atoms with Gasteiger partial charge in [-0.1, -0.05) is 13.0 Å². The number of hydrogen-bond acceptors (Lipinski definition) is 2. The zero-order chi connectivity index (χ0) is 13.0. The first-order valence-electron chi connectivity index (χ1n) is 5.79. The lowest BCUT2D eigenvalue weighted by atomic mass is 10.1. The number of benzene rings is 1. The second-order valence-electron chi connectivity index (χ2n) is 4.35. The van der Waals surface area contributed by atoms with Crippen LogP contribution in [0.3, 0.4) is 0 Å². The molecule has 0 heterocycles. The van der Waals surface area contributed by atoms with Crippen molar-refractivity contribution >= 4 is 0 Å². The van der Waals surface area contributed by atoms with Gasteiger partial charge in [-0.15, -0.1) is 0 Å². The maximum atomic E-state index is 13.1. The first-order valence-corrected chi connectivity index (χ1v) is 5.79. The molecular formula is C13H19F2NO. The van der Waals surface area contributed by atoms with E-state index < -0.39 is 17.7 Å². The van der Waals surface area contributed by atoms with Gasteiger partial charge in [0.15, 0.2) is 11.6 Å². The molecule has 0 fully saturated rings. The average molecular weight is 243 g/mol. The highest BCUT2D eigenvalue weighted by molar-refractivity contribution is 5.20. The summed E-state index contributed by atoms with van der Waals surface area (Å²) in [5, 5.41) is 9.55. The fourth-order valence-corrected chi connectivity index (χ4v) is 1.65. The summed E-state index contributed by atoms with van der Waals surface area (Å²) in [6.45, 7) is 4.31. The summed E-state index contributed by atoms with van der Waals surface area (Å²) in [5.41, 5.74) is 0.703. The quantitative estimate of drug-likeness (QED) is 0.859. The first-order chi connectivity index (χ1) is 7.95. The van der Waals surface area contributed by atoms with Crippen LogP contribution in [-0.2, 0) is 0 Å². The molecule has 1 N–H and O–H groups in total. The van der Waals surface area contributed by atoms with Crippen molar-refractivity contribution in [1.29, 1.82) is 0 Å². The molecule has 1 aromatic carbocycles. The van der Waals surface area contributed by atoms with Gasteiger partial charge in [-0.3, -0.25) is 4.90 Å². The molecule has 0 amide bonds. The third kappa shape index (κ3) is 3.75. The summed E-state index contributed by atoms with van der Waals surface area (Å²) in [6.07, 6.45) is 0.280. The maximum Gasteiger partial charge on any atom is 0.159 e. The third-order valence-corrected chi connectivity index (χ3v) is 3.06. The normalized spacial score (nSPS) is 15.0. The Morgan fingerprint density at radius 3 is 2.47 bits per heavy atom. The minimum absolute atomic E-state index is 0.0636. The molecule has 0 spiro atoms. The molecule has 4 heteroatoms. The summed E-state index contributed by atoms with van der Waals surface area (Å²) in [6, 6.07) is 3.84. The molecule has 0 aliphatic heterocycles. The standard InChI is InChI=1S/C13H19F2NO/c1-4-11(17)8-16(3)9(2)10-5-6-12(14)13(15)7-10/h5-7,9,11,17H,4,8H2,1-3H3. The summed E-state index contributed by atoms with van der Waals surface area (Å²) in [5.74, 6) is -1.67. The number of rotatable bonds is 5. The zero-order valence-corrected chi connectivity index (χ0v) is 10.5. The predicted octanol–water partition coefficient (Wildman–Crippen LogP) is 2.73. The molecule has 1 aromatic rings. The number of nitrogens with zero attached hydrogens (tertiary/aromatic N) is 1. The highest BCUT2D eigenvalue weighted by Gasteiger charge is 2.15. The van der Waals surface area contributed by atoms with Crippen molar-refractivity contribution in [2.24, 2.45) is 0 Å². The Balaban J connectivity index is 2.74. The largest absolute Gasteiger partial charge is 0.392 e. The summed E-state index contributed by atoms with van der Waals surface area (Å²) >= 11 is 0. The SMILES string of the molecule is CCC(O)CN(C)C(C)c1ccc(F)c(F)c1. The van der Waals surface area contributed by atoms with E-state index in [0.29, 0.717) is 18.5 Å². The predicted molar refractivity (Wildman–Crippen MR) is 63.7 cm³/mol. The van der Waals surface area contributed by atoms with Gasteiger partial charge in [0.25, 0.3) is 0 Å². The Morgan fingerprint density at radius 2 is 1.94 bits per heavy atom. The smallest absolute Gasteiger partial charge is 0.159 e. The van der Waals surface area contributed by atoms with Crippen molar-refractivity contribution in [1.82, 2.24) is 4.90 Å². The Morgan fingerprint density at radius 1 is 1.29 bits per heavy atom. The minimum Gasteiger partial charge on any atom is -0.392 e. The van der Waals surface area contributed by atoms with Gasteiger partial charge < -0.3 is 5.11 Å².